The van der Waals surface area contributed by atoms with Crippen LogP contribution in [0.1, 0.15) is 33.3 Å². The Morgan fingerprint density at radius 2 is 1.72 bits per heavy atom. The van der Waals surface area contributed by atoms with Gasteiger partial charge in [-0.1, -0.05) is 35.9 Å². The van der Waals surface area contributed by atoms with Crippen molar-refractivity contribution in [2.45, 2.75) is 18.3 Å². The third-order valence-electron chi connectivity index (χ3n) is 7.01. The highest BCUT2D eigenvalue weighted by Crippen LogP contribution is 2.54. The van der Waals surface area contributed by atoms with E-state index in [0.29, 0.717) is 6.07 Å². The molecule has 182 valence electrons. The zero-order chi connectivity index (χ0) is 25.4. The molecule has 0 radical (unpaired) electrons. The molecule has 2 saturated heterocycles. The van der Waals surface area contributed by atoms with E-state index in [9.17, 15) is 27.6 Å². The molecular weight excluding hydrogens is 497 g/mol. The predicted molar refractivity (Wildman–Crippen MR) is 123 cm³/mol. The topological polar surface area (TPSA) is 70.8 Å². The maximum absolute atomic E-state index is 13.8. The summed E-state index contributed by atoms with van der Waals surface area (Å²) in [4.78, 5) is 43.5. The number of ketones is 1. The van der Waals surface area contributed by atoms with Gasteiger partial charge in [-0.2, -0.15) is 13.2 Å². The van der Waals surface area contributed by atoms with Crippen LogP contribution < -0.4 is 4.90 Å². The van der Waals surface area contributed by atoms with E-state index in [2.05, 4.69) is 0 Å². The minimum atomic E-state index is -4.78. The van der Waals surface area contributed by atoms with E-state index in [1.165, 1.54) is 18.4 Å². The molecule has 0 aliphatic carbocycles. The Labute approximate surface area is 207 Å². The number of amides is 2. The number of halogens is 4. The maximum atomic E-state index is 13.8. The van der Waals surface area contributed by atoms with Gasteiger partial charge in [-0.05, 0) is 47.5 Å². The number of benzene rings is 2. The number of anilines is 1. The summed E-state index contributed by atoms with van der Waals surface area (Å²) >= 11 is 5.75. The minimum absolute atomic E-state index is 0.0243. The number of nitrogens with zero attached hydrogens (tertiary/aromatic N) is 2. The summed E-state index contributed by atoms with van der Waals surface area (Å²) in [5.74, 6) is -3.99. The molecule has 3 aromatic rings. The lowest BCUT2D eigenvalue weighted by atomic mass is 9.84. The van der Waals surface area contributed by atoms with Gasteiger partial charge in [0.15, 0.2) is 5.76 Å². The molecule has 3 aliphatic rings. The van der Waals surface area contributed by atoms with Gasteiger partial charge in [0.1, 0.15) is 6.04 Å². The summed E-state index contributed by atoms with van der Waals surface area (Å²) in [6.07, 6.45) is 0.0396. The molecule has 2 aromatic carbocycles. The first-order valence-electron chi connectivity index (χ1n) is 11.1. The van der Waals surface area contributed by atoms with Crippen molar-refractivity contribution in [3.05, 3.63) is 94.5 Å². The Kier molecular flexibility index (Phi) is 4.91. The fourth-order valence-electron chi connectivity index (χ4n) is 5.55. The van der Waals surface area contributed by atoms with Crippen molar-refractivity contribution >= 4 is 41.0 Å². The second kappa shape index (κ2) is 7.83. The first-order valence-corrected chi connectivity index (χ1v) is 11.4. The van der Waals surface area contributed by atoms with Crippen LogP contribution in [-0.2, 0) is 15.8 Å². The van der Waals surface area contributed by atoms with Crippen molar-refractivity contribution < 1.29 is 32.0 Å². The number of fused-ring (bicyclic) bond motifs is 5. The first kappa shape index (κ1) is 22.6. The van der Waals surface area contributed by atoms with E-state index in [0.717, 1.165) is 22.1 Å². The number of carbonyl (C=O) groups is 3. The van der Waals surface area contributed by atoms with Gasteiger partial charge in [-0.25, -0.2) is 4.90 Å². The van der Waals surface area contributed by atoms with E-state index in [1.54, 1.807) is 29.3 Å². The highest BCUT2D eigenvalue weighted by molar-refractivity contribution is 6.32. The quantitative estimate of drug-likeness (QED) is 0.349. The van der Waals surface area contributed by atoms with Crippen LogP contribution in [0.15, 0.2) is 71.5 Å². The SMILES string of the molecule is O=C(c1ccco1)C1C2C(=O)N(c3ccc(Cl)c(C(F)(F)F)c3)C(=O)C2C2c3ccccc3C=CN12. The van der Waals surface area contributed by atoms with Crippen molar-refractivity contribution in [3.8, 4) is 0 Å². The zero-order valence-electron chi connectivity index (χ0n) is 18.3. The molecule has 4 atom stereocenters. The van der Waals surface area contributed by atoms with Crippen LogP contribution in [0.4, 0.5) is 18.9 Å². The standard InChI is InChI=1S/C26H16ClF3N2O4/c27-17-8-7-14(12-16(17)26(28,29)30)32-24(34)19-20(25(32)35)22(23(33)18-6-3-11-36-18)31-10-9-13-4-1-2-5-15(13)21(19)31/h1-12,19-22H. The number of alkyl halides is 3. The summed E-state index contributed by atoms with van der Waals surface area (Å²) in [6, 6.07) is 11.5. The van der Waals surface area contributed by atoms with Crippen molar-refractivity contribution in [1.29, 1.82) is 0 Å². The zero-order valence-corrected chi connectivity index (χ0v) is 19.0. The number of imide groups is 1. The number of Topliss-reactive ketones (excluding diaryl/α,β-unsaturated/α-hetero) is 1. The van der Waals surface area contributed by atoms with E-state index in [4.69, 9.17) is 16.0 Å². The second-order valence-corrected chi connectivity index (χ2v) is 9.26. The van der Waals surface area contributed by atoms with E-state index in [1.807, 2.05) is 18.2 Å². The van der Waals surface area contributed by atoms with Crippen molar-refractivity contribution in [1.82, 2.24) is 4.90 Å². The van der Waals surface area contributed by atoms with E-state index >= 15 is 0 Å². The Morgan fingerprint density at radius 1 is 0.972 bits per heavy atom. The van der Waals surface area contributed by atoms with Crippen LogP contribution in [-0.4, -0.2) is 28.5 Å². The molecule has 2 amide bonds. The highest BCUT2D eigenvalue weighted by Gasteiger charge is 2.65. The molecule has 3 aliphatic heterocycles. The average molecular weight is 513 g/mol. The number of hydrogen-bond donors (Lipinski definition) is 0. The number of carbonyl (C=O) groups excluding carboxylic acids is 3. The Morgan fingerprint density at radius 3 is 2.44 bits per heavy atom. The van der Waals surface area contributed by atoms with Crippen molar-refractivity contribution in [2.24, 2.45) is 11.8 Å². The second-order valence-electron chi connectivity index (χ2n) is 8.85. The van der Waals surface area contributed by atoms with E-state index < -0.39 is 58.3 Å². The third kappa shape index (κ3) is 3.15. The first-order chi connectivity index (χ1) is 17.2. The third-order valence-corrected chi connectivity index (χ3v) is 7.34. The van der Waals surface area contributed by atoms with Crippen LogP contribution in [0.5, 0.6) is 0 Å². The van der Waals surface area contributed by atoms with Crippen molar-refractivity contribution in [2.75, 3.05) is 4.90 Å². The molecule has 10 heteroatoms. The molecule has 1 aromatic heterocycles. The molecule has 0 bridgehead atoms. The summed E-state index contributed by atoms with van der Waals surface area (Å²) in [5, 5.41) is -0.547. The largest absolute Gasteiger partial charge is 0.461 e. The minimum Gasteiger partial charge on any atom is -0.461 e. The van der Waals surface area contributed by atoms with Gasteiger partial charge in [0.05, 0.1) is 40.4 Å². The molecule has 4 heterocycles. The Balaban J connectivity index is 1.49. The molecule has 0 saturated carbocycles. The fraction of sp³-hybridized carbons (Fsp3) is 0.192. The lowest BCUT2D eigenvalue weighted by Gasteiger charge is -2.35. The number of hydrogen-bond acceptors (Lipinski definition) is 5. The summed E-state index contributed by atoms with van der Waals surface area (Å²) in [6.45, 7) is 0. The van der Waals surface area contributed by atoms with Gasteiger partial charge in [-0.15, -0.1) is 0 Å². The molecule has 0 N–H and O–H groups in total. The molecule has 36 heavy (non-hydrogen) atoms. The van der Waals surface area contributed by atoms with Crippen LogP contribution in [0.25, 0.3) is 6.08 Å². The normalized spacial score (nSPS) is 24.7. The predicted octanol–water partition coefficient (Wildman–Crippen LogP) is 5.35. The fourth-order valence-corrected chi connectivity index (χ4v) is 5.77. The average Bonchev–Trinajstić information content (AvgIpc) is 3.55. The molecular formula is C26H16ClF3N2O4. The van der Waals surface area contributed by atoms with Gasteiger partial charge < -0.3 is 9.32 Å². The Bertz CT molecular complexity index is 1450. The van der Waals surface area contributed by atoms with Crippen LogP contribution in [0.2, 0.25) is 5.02 Å². The van der Waals surface area contributed by atoms with Gasteiger partial charge >= 0.3 is 6.18 Å². The van der Waals surface area contributed by atoms with Gasteiger partial charge in [0, 0.05) is 6.20 Å². The lowest BCUT2D eigenvalue weighted by molar-refractivity contribution is -0.137. The molecule has 0 spiro atoms. The molecule has 4 unspecified atom stereocenters. The summed E-state index contributed by atoms with van der Waals surface area (Å²) in [7, 11) is 0. The van der Waals surface area contributed by atoms with Gasteiger partial charge in [-0.3, -0.25) is 14.4 Å². The van der Waals surface area contributed by atoms with Crippen molar-refractivity contribution in [3.63, 3.8) is 0 Å². The lowest BCUT2D eigenvalue weighted by Crippen LogP contribution is -2.44. The number of rotatable bonds is 3. The maximum Gasteiger partial charge on any atom is 0.417 e. The smallest absolute Gasteiger partial charge is 0.417 e. The van der Waals surface area contributed by atoms with E-state index in [-0.39, 0.29) is 11.4 Å². The molecule has 6 nitrogen and oxygen atoms in total. The summed E-state index contributed by atoms with van der Waals surface area (Å²) < 4.78 is 45.8. The molecule has 2 fully saturated rings. The highest BCUT2D eigenvalue weighted by atomic mass is 35.5. The van der Waals surface area contributed by atoms with Gasteiger partial charge in [0.2, 0.25) is 17.6 Å². The molecule has 6 rings (SSSR count). The van der Waals surface area contributed by atoms with Crippen LogP contribution in [0.3, 0.4) is 0 Å². The van der Waals surface area contributed by atoms with Gasteiger partial charge in [0.25, 0.3) is 0 Å². The van der Waals surface area contributed by atoms with Crippen LogP contribution in [0, 0.1) is 11.8 Å². The Hall–Kier alpha value is -3.85. The number of furan rings is 1. The monoisotopic (exact) mass is 512 g/mol. The van der Waals surface area contributed by atoms with Crippen LogP contribution >= 0.6 is 11.6 Å². The summed E-state index contributed by atoms with van der Waals surface area (Å²) in [5.41, 5.74) is 0.176.